The molecule has 4 nitrogen and oxygen atoms in total. The van der Waals surface area contributed by atoms with Crippen LogP contribution in [0.5, 0.6) is 0 Å². The van der Waals surface area contributed by atoms with E-state index in [2.05, 4.69) is 34.6 Å². The summed E-state index contributed by atoms with van der Waals surface area (Å²) >= 11 is 0. The van der Waals surface area contributed by atoms with E-state index in [1.807, 2.05) is 6.92 Å². The Kier molecular flexibility index (Phi) is 4.42. The van der Waals surface area contributed by atoms with E-state index in [1.165, 1.54) is 25.7 Å². The second-order valence-electron chi connectivity index (χ2n) is 13.2. The molecule has 11 atom stereocenters. The van der Waals surface area contributed by atoms with Crippen molar-refractivity contribution in [2.24, 2.45) is 51.2 Å². The van der Waals surface area contributed by atoms with Crippen LogP contribution in [0.4, 0.5) is 0 Å². The SMILES string of the molecule is CC1OC(=O)[C@H]2[C@H]1[C@@H](O)C[C@H]1[C@]3(C)CC[C@H]4C(C)(C)CCC[C@]4(C)[C@H]3C[C@@H](O)[C@]21C. The Morgan fingerprint density at radius 1 is 0.900 bits per heavy atom. The Morgan fingerprint density at radius 2 is 1.57 bits per heavy atom. The number of fused-ring (bicyclic) bond motifs is 7. The summed E-state index contributed by atoms with van der Waals surface area (Å²) in [5.41, 5.74) is 0.110. The number of ether oxygens (including phenoxy) is 1. The van der Waals surface area contributed by atoms with Gasteiger partial charge in [-0.2, -0.15) is 0 Å². The third-order valence-corrected chi connectivity index (χ3v) is 11.6. The normalized spacial score (nSPS) is 59.4. The molecule has 0 aromatic heterocycles. The van der Waals surface area contributed by atoms with Crippen molar-refractivity contribution in [3.8, 4) is 0 Å². The predicted octanol–water partition coefficient (Wildman–Crippen LogP) is 4.56. The topological polar surface area (TPSA) is 66.8 Å². The van der Waals surface area contributed by atoms with Crippen molar-refractivity contribution in [3.05, 3.63) is 0 Å². The maximum atomic E-state index is 13.0. The quantitative estimate of drug-likeness (QED) is 0.566. The molecule has 4 heteroatoms. The molecule has 0 spiro atoms. The van der Waals surface area contributed by atoms with Gasteiger partial charge >= 0.3 is 5.97 Å². The smallest absolute Gasteiger partial charge is 0.310 e. The molecule has 5 rings (SSSR count). The van der Waals surface area contributed by atoms with E-state index in [-0.39, 0.29) is 40.7 Å². The van der Waals surface area contributed by atoms with Gasteiger partial charge in [0.15, 0.2) is 0 Å². The van der Waals surface area contributed by atoms with Crippen molar-refractivity contribution in [2.75, 3.05) is 0 Å². The molecule has 5 fully saturated rings. The number of hydrogen-bond donors (Lipinski definition) is 2. The lowest BCUT2D eigenvalue weighted by molar-refractivity contribution is -0.257. The van der Waals surface area contributed by atoms with Gasteiger partial charge in [-0.1, -0.05) is 41.0 Å². The molecule has 0 bridgehead atoms. The summed E-state index contributed by atoms with van der Waals surface area (Å²) in [5, 5.41) is 22.9. The lowest BCUT2D eigenvalue weighted by Crippen LogP contribution is -2.69. The van der Waals surface area contributed by atoms with Crippen LogP contribution in [0.1, 0.15) is 86.5 Å². The van der Waals surface area contributed by atoms with Crippen LogP contribution >= 0.6 is 0 Å². The lowest BCUT2D eigenvalue weighted by atomic mass is 9.34. The summed E-state index contributed by atoms with van der Waals surface area (Å²) in [5.74, 6) is 0.506. The van der Waals surface area contributed by atoms with Crippen LogP contribution in [-0.2, 0) is 9.53 Å². The van der Waals surface area contributed by atoms with E-state index >= 15 is 0 Å². The number of carbonyl (C=O) groups is 1. The van der Waals surface area contributed by atoms with E-state index in [0.717, 1.165) is 12.8 Å². The summed E-state index contributed by atoms with van der Waals surface area (Å²) in [7, 11) is 0. The first-order valence-electron chi connectivity index (χ1n) is 12.4. The Bertz CT molecular complexity index is 747. The fourth-order valence-corrected chi connectivity index (χ4v) is 10.4. The summed E-state index contributed by atoms with van der Waals surface area (Å²) in [4.78, 5) is 13.0. The molecule has 1 heterocycles. The third kappa shape index (κ3) is 2.39. The minimum Gasteiger partial charge on any atom is -0.462 e. The zero-order valence-electron chi connectivity index (χ0n) is 19.8. The minimum atomic E-state index is -0.523. The van der Waals surface area contributed by atoms with Gasteiger partial charge in [0.1, 0.15) is 6.10 Å². The van der Waals surface area contributed by atoms with Gasteiger partial charge in [-0.05, 0) is 79.4 Å². The zero-order valence-corrected chi connectivity index (χ0v) is 19.8. The zero-order chi connectivity index (χ0) is 21.9. The number of esters is 1. The Morgan fingerprint density at radius 3 is 2.27 bits per heavy atom. The van der Waals surface area contributed by atoms with E-state index in [4.69, 9.17) is 4.74 Å². The molecule has 0 amide bonds. The van der Waals surface area contributed by atoms with Crippen molar-refractivity contribution in [3.63, 3.8) is 0 Å². The van der Waals surface area contributed by atoms with Crippen LogP contribution in [0.25, 0.3) is 0 Å². The monoisotopic (exact) mass is 418 g/mol. The van der Waals surface area contributed by atoms with Crippen LogP contribution < -0.4 is 0 Å². The first kappa shape index (κ1) is 21.2. The average molecular weight is 419 g/mol. The molecule has 1 saturated heterocycles. The lowest BCUT2D eigenvalue weighted by Gasteiger charge is -2.71. The highest BCUT2D eigenvalue weighted by Crippen LogP contribution is 2.74. The van der Waals surface area contributed by atoms with E-state index in [0.29, 0.717) is 23.7 Å². The highest BCUT2D eigenvalue weighted by Gasteiger charge is 2.72. The van der Waals surface area contributed by atoms with Crippen LogP contribution in [0.3, 0.4) is 0 Å². The summed E-state index contributed by atoms with van der Waals surface area (Å²) in [6.45, 7) is 13.9. The van der Waals surface area contributed by atoms with Gasteiger partial charge < -0.3 is 14.9 Å². The first-order valence-corrected chi connectivity index (χ1v) is 12.4. The van der Waals surface area contributed by atoms with Crippen LogP contribution in [0.15, 0.2) is 0 Å². The number of aliphatic hydroxyl groups is 2. The molecular formula is C26H42O4. The highest BCUT2D eigenvalue weighted by atomic mass is 16.6. The largest absolute Gasteiger partial charge is 0.462 e. The number of hydrogen-bond acceptors (Lipinski definition) is 4. The maximum absolute atomic E-state index is 13.0. The second-order valence-corrected chi connectivity index (χ2v) is 13.2. The van der Waals surface area contributed by atoms with E-state index in [1.54, 1.807) is 0 Å². The molecule has 2 N–H and O–H groups in total. The molecule has 170 valence electrons. The fraction of sp³-hybridized carbons (Fsp3) is 0.962. The minimum absolute atomic E-state index is 0.0463. The third-order valence-electron chi connectivity index (χ3n) is 11.6. The number of aliphatic hydroxyl groups excluding tert-OH is 2. The Balaban J connectivity index is 1.59. The van der Waals surface area contributed by atoms with Crippen molar-refractivity contribution in [1.29, 1.82) is 0 Å². The molecule has 0 radical (unpaired) electrons. The molecular weight excluding hydrogens is 376 g/mol. The van der Waals surface area contributed by atoms with Crippen LogP contribution in [0.2, 0.25) is 0 Å². The Hall–Kier alpha value is -0.610. The number of carbonyl (C=O) groups excluding carboxylic acids is 1. The van der Waals surface area contributed by atoms with E-state index < -0.39 is 17.6 Å². The fourth-order valence-electron chi connectivity index (χ4n) is 10.4. The molecule has 4 aliphatic carbocycles. The van der Waals surface area contributed by atoms with Crippen LogP contribution in [0, 0.1) is 51.2 Å². The van der Waals surface area contributed by atoms with Crippen molar-refractivity contribution >= 4 is 5.97 Å². The number of rotatable bonds is 0. The first-order chi connectivity index (χ1) is 13.9. The average Bonchev–Trinajstić information content (AvgIpc) is 2.95. The molecule has 30 heavy (non-hydrogen) atoms. The molecule has 5 aliphatic rings. The van der Waals surface area contributed by atoms with Crippen LogP contribution in [-0.4, -0.2) is 34.5 Å². The van der Waals surface area contributed by atoms with Gasteiger partial charge in [0.25, 0.3) is 0 Å². The van der Waals surface area contributed by atoms with Gasteiger partial charge in [-0.15, -0.1) is 0 Å². The van der Waals surface area contributed by atoms with Gasteiger partial charge in [-0.25, -0.2) is 0 Å². The van der Waals surface area contributed by atoms with Crippen molar-refractivity contribution in [1.82, 2.24) is 0 Å². The molecule has 0 aromatic rings. The maximum Gasteiger partial charge on any atom is 0.310 e. The molecule has 1 unspecified atom stereocenters. The van der Waals surface area contributed by atoms with Gasteiger partial charge in [0, 0.05) is 11.3 Å². The molecule has 1 aliphatic heterocycles. The predicted molar refractivity (Wildman–Crippen MR) is 115 cm³/mol. The Labute approximate surface area is 182 Å². The van der Waals surface area contributed by atoms with Gasteiger partial charge in [0.05, 0.1) is 18.1 Å². The molecule has 4 saturated carbocycles. The van der Waals surface area contributed by atoms with E-state index in [9.17, 15) is 15.0 Å². The van der Waals surface area contributed by atoms with Gasteiger partial charge in [-0.3, -0.25) is 4.79 Å². The molecule has 0 aromatic carbocycles. The van der Waals surface area contributed by atoms with Crippen molar-refractivity contribution in [2.45, 2.75) is 105 Å². The van der Waals surface area contributed by atoms with Gasteiger partial charge in [0.2, 0.25) is 0 Å². The summed E-state index contributed by atoms with van der Waals surface area (Å²) in [6.07, 6.45) is 6.35. The summed E-state index contributed by atoms with van der Waals surface area (Å²) < 4.78 is 5.63. The summed E-state index contributed by atoms with van der Waals surface area (Å²) in [6, 6.07) is 0. The second kappa shape index (κ2) is 6.25. The van der Waals surface area contributed by atoms with Crippen molar-refractivity contribution < 1.29 is 19.7 Å². The highest BCUT2D eigenvalue weighted by molar-refractivity contribution is 5.77. The standard InChI is InChI=1S/C26H42O4/c1-14-20-15(27)12-18-25(5)11-8-16-23(2,3)9-7-10-24(16,4)17(25)13-19(28)26(18,6)21(20)22(29)30-14/h14-21,27-28H,7-13H2,1-6H3/t14?,15-,16-,17+,18-,19+,20+,21+,24-,25+,26+/m0/s1. The number of cyclic esters (lactones) is 1.